The number of piperazine rings is 1. The summed E-state index contributed by atoms with van der Waals surface area (Å²) in [4.78, 5) is 31.2. The standard InChI is InChI=1S/C26H30N4O3/c1-2-19-33-23-9-7-21(8-10-23)11-13-27-26(32)29-17-15-28(16-18-29)20-25(31)30-14-12-22-5-3-4-6-24(22)30/h1,3-10H,11-20H2,(H,27,32). The lowest BCUT2D eigenvalue weighted by molar-refractivity contribution is -0.120. The Morgan fingerprint density at radius 2 is 1.76 bits per heavy atom. The third kappa shape index (κ3) is 5.85. The third-order valence-electron chi connectivity index (χ3n) is 6.14. The van der Waals surface area contributed by atoms with E-state index in [1.54, 1.807) is 0 Å². The monoisotopic (exact) mass is 446 g/mol. The molecule has 1 saturated heterocycles. The van der Waals surface area contributed by atoms with E-state index in [1.807, 2.05) is 52.3 Å². The molecule has 0 aromatic heterocycles. The van der Waals surface area contributed by atoms with Gasteiger partial charge in [-0.3, -0.25) is 9.69 Å². The summed E-state index contributed by atoms with van der Waals surface area (Å²) in [5, 5.41) is 3.00. The zero-order chi connectivity index (χ0) is 23.0. The largest absolute Gasteiger partial charge is 0.481 e. The summed E-state index contributed by atoms with van der Waals surface area (Å²) in [6.07, 6.45) is 6.85. The number of nitrogens with one attached hydrogen (secondary N) is 1. The number of para-hydroxylation sites is 1. The first-order chi connectivity index (χ1) is 16.1. The molecule has 0 spiro atoms. The predicted molar refractivity (Wildman–Crippen MR) is 128 cm³/mol. The van der Waals surface area contributed by atoms with E-state index in [-0.39, 0.29) is 18.5 Å². The lowest BCUT2D eigenvalue weighted by atomic mass is 10.1. The predicted octanol–water partition coefficient (Wildman–Crippen LogP) is 2.16. The van der Waals surface area contributed by atoms with Crippen molar-refractivity contribution in [3.63, 3.8) is 0 Å². The first-order valence-electron chi connectivity index (χ1n) is 11.4. The molecule has 2 aliphatic rings. The van der Waals surface area contributed by atoms with Crippen molar-refractivity contribution in [2.24, 2.45) is 0 Å². The minimum absolute atomic E-state index is 0.0524. The molecule has 4 rings (SSSR count). The maximum Gasteiger partial charge on any atom is 0.317 e. The number of nitrogens with zero attached hydrogens (tertiary/aromatic N) is 3. The zero-order valence-corrected chi connectivity index (χ0v) is 18.8. The molecule has 0 radical (unpaired) electrons. The van der Waals surface area contributed by atoms with Crippen LogP contribution in [0.2, 0.25) is 0 Å². The molecule has 1 N–H and O–H groups in total. The van der Waals surface area contributed by atoms with Crippen LogP contribution >= 0.6 is 0 Å². The van der Waals surface area contributed by atoms with Gasteiger partial charge in [0.1, 0.15) is 12.4 Å². The van der Waals surface area contributed by atoms with Crippen molar-refractivity contribution in [3.05, 3.63) is 59.7 Å². The van der Waals surface area contributed by atoms with E-state index in [9.17, 15) is 9.59 Å². The summed E-state index contributed by atoms with van der Waals surface area (Å²) in [6.45, 7) is 4.61. The van der Waals surface area contributed by atoms with Crippen LogP contribution in [0.1, 0.15) is 11.1 Å². The molecule has 2 aliphatic heterocycles. The highest BCUT2D eigenvalue weighted by atomic mass is 16.5. The molecule has 7 nitrogen and oxygen atoms in total. The van der Waals surface area contributed by atoms with Gasteiger partial charge in [0.2, 0.25) is 5.91 Å². The van der Waals surface area contributed by atoms with Crippen molar-refractivity contribution in [2.45, 2.75) is 12.8 Å². The van der Waals surface area contributed by atoms with Crippen LogP contribution in [-0.4, -0.2) is 74.2 Å². The van der Waals surface area contributed by atoms with Gasteiger partial charge in [0.15, 0.2) is 0 Å². The van der Waals surface area contributed by atoms with Crippen LogP contribution in [0.5, 0.6) is 5.75 Å². The molecule has 0 bridgehead atoms. The average Bonchev–Trinajstić information content (AvgIpc) is 3.28. The fourth-order valence-electron chi connectivity index (χ4n) is 4.29. The van der Waals surface area contributed by atoms with Crippen molar-refractivity contribution in [3.8, 4) is 18.1 Å². The Morgan fingerprint density at radius 1 is 1.00 bits per heavy atom. The maximum atomic E-state index is 12.8. The Morgan fingerprint density at radius 3 is 2.52 bits per heavy atom. The number of carbonyl (C=O) groups excluding carboxylic acids is 2. The second kappa shape index (κ2) is 10.9. The maximum absolute atomic E-state index is 12.8. The van der Waals surface area contributed by atoms with Crippen LogP contribution in [0.3, 0.4) is 0 Å². The van der Waals surface area contributed by atoms with Crippen LogP contribution in [0.15, 0.2) is 48.5 Å². The van der Waals surface area contributed by atoms with Crippen molar-refractivity contribution >= 4 is 17.6 Å². The molecule has 0 aliphatic carbocycles. The molecule has 0 unspecified atom stereocenters. The second-order valence-electron chi connectivity index (χ2n) is 8.31. The molecule has 33 heavy (non-hydrogen) atoms. The molecule has 2 aromatic rings. The summed E-state index contributed by atoms with van der Waals surface area (Å²) >= 11 is 0. The summed E-state index contributed by atoms with van der Waals surface area (Å²) in [5.74, 6) is 3.32. The van der Waals surface area contributed by atoms with Crippen LogP contribution in [0, 0.1) is 12.3 Å². The van der Waals surface area contributed by atoms with E-state index in [4.69, 9.17) is 11.2 Å². The van der Waals surface area contributed by atoms with Gasteiger partial charge in [-0.05, 0) is 42.2 Å². The normalized spacial score (nSPS) is 15.6. The number of carbonyl (C=O) groups is 2. The number of anilines is 1. The average molecular weight is 447 g/mol. The van der Waals surface area contributed by atoms with Crippen molar-refractivity contribution in [1.29, 1.82) is 0 Å². The van der Waals surface area contributed by atoms with Crippen molar-refractivity contribution < 1.29 is 14.3 Å². The van der Waals surface area contributed by atoms with Crippen LogP contribution in [0.25, 0.3) is 0 Å². The van der Waals surface area contributed by atoms with E-state index in [0.29, 0.717) is 39.3 Å². The van der Waals surface area contributed by atoms with Crippen LogP contribution < -0.4 is 15.0 Å². The number of fused-ring (bicyclic) bond motifs is 1. The molecular formula is C26H30N4O3. The summed E-state index contributed by atoms with van der Waals surface area (Å²) in [6, 6.07) is 15.8. The van der Waals surface area contributed by atoms with E-state index in [2.05, 4.69) is 22.2 Å². The van der Waals surface area contributed by atoms with Gasteiger partial charge in [-0.15, -0.1) is 6.42 Å². The summed E-state index contributed by atoms with van der Waals surface area (Å²) < 4.78 is 5.37. The Bertz CT molecular complexity index is 1010. The van der Waals surface area contributed by atoms with Gasteiger partial charge in [0.25, 0.3) is 0 Å². The topological polar surface area (TPSA) is 65.1 Å². The molecule has 2 heterocycles. The van der Waals surface area contributed by atoms with Gasteiger partial charge in [0, 0.05) is 45.0 Å². The van der Waals surface area contributed by atoms with Gasteiger partial charge in [-0.1, -0.05) is 36.3 Å². The summed E-state index contributed by atoms with van der Waals surface area (Å²) in [7, 11) is 0. The van der Waals surface area contributed by atoms with Crippen molar-refractivity contribution in [2.75, 3.05) is 57.3 Å². The van der Waals surface area contributed by atoms with E-state index in [1.165, 1.54) is 5.56 Å². The van der Waals surface area contributed by atoms with Gasteiger partial charge in [-0.2, -0.15) is 0 Å². The van der Waals surface area contributed by atoms with Crippen molar-refractivity contribution in [1.82, 2.24) is 15.1 Å². The number of amides is 3. The number of benzene rings is 2. The van der Waals surface area contributed by atoms with E-state index < -0.39 is 0 Å². The Labute approximate surface area is 195 Å². The number of terminal acetylenes is 1. The highest BCUT2D eigenvalue weighted by Crippen LogP contribution is 2.27. The molecule has 2 aromatic carbocycles. The third-order valence-corrected chi connectivity index (χ3v) is 6.14. The number of hydrogen-bond acceptors (Lipinski definition) is 4. The fourth-order valence-corrected chi connectivity index (χ4v) is 4.29. The quantitative estimate of drug-likeness (QED) is 0.662. The minimum atomic E-state index is -0.0524. The highest BCUT2D eigenvalue weighted by Gasteiger charge is 2.27. The van der Waals surface area contributed by atoms with Gasteiger partial charge in [0.05, 0.1) is 6.54 Å². The lowest BCUT2D eigenvalue weighted by Gasteiger charge is -2.35. The van der Waals surface area contributed by atoms with E-state index >= 15 is 0 Å². The second-order valence-corrected chi connectivity index (χ2v) is 8.31. The molecule has 1 fully saturated rings. The van der Waals surface area contributed by atoms with Crippen LogP contribution in [-0.2, 0) is 17.6 Å². The Kier molecular flexibility index (Phi) is 7.48. The van der Waals surface area contributed by atoms with Crippen LogP contribution in [0.4, 0.5) is 10.5 Å². The molecule has 3 amide bonds. The van der Waals surface area contributed by atoms with Gasteiger partial charge in [-0.25, -0.2) is 4.79 Å². The number of urea groups is 1. The first kappa shape index (κ1) is 22.7. The molecular weight excluding hydrogens is 416 g/mol. The smallest absolute Gasteiger partial charge is 0.317 e. The molecule has 7 heteroatoms. The first-order valence-corrected chi connectivity index (χ1v) is 11.4. The zero-order valence-electron chi connectivity index (χ0n) is 18.8. The number of ether oxygens (including phenoxy) is 1. The molecule has 172 valence electrons. The molecule has 0 atom stereocenters. The number of rotatable bonds is 7. The lowest BCUT2D eigenvalue weighted by Crippen LogP contribution is -2.53. The van der Waals surface area contributed by atoms with Gasteiger partial charge >= 0.3 is 6.03 Å². The number of hydrogen-bond donors (Lipinski definition) is 1. The minimum Gasteiger partial charge on any atom is -0.481 e. The SMILES string of the molecule is C#CCOc1ccc(CCNC(=O)N2CCN(CC(=O)N3CCc4ccccc43)CC2)cc1. The fraction of sp³-hybridized carbons (Fsp3) is 0.385. The Hall–Kier alpha value is -3.50. The van der Waals surface area contributed by atoms with Gasteiger partial charge < -0.3 is 19.9 Å². The highest BCUT2D eigenvalue weighted by molar-refractivity contribution is 5.96. The summed E-state index contributed by atoms with van der Waals surface area (Å²) in [5.41, 5.74) is 3.39. The molecule has 0 saturated carbocycles. The van der Waals surface area contributed by atoms with E-state index in [0.717, 1.165) is 36.4 Å². The Balaban J connectivity index is 1.16.